The Balaban J connectivity index is 1.94. The Morgan fingerprint density at radius 2 is 2.11 bits per heavy atom. The van der Waals surface area contributed by atoms with Gasteiger partial charge in [0, 0.05) is 5.39 Å². The summed E-state index contributed by atoms with van der Waals surface area (Å²) in [6.07, 6.45) is 3.94. The van der Waals surface area contributed by atoms with Crippen molar-refractivity contribution in [2.24, 2.45) is 11.8 Å². The molecule has 1 heterocycles. The fraction of sp³-hybridized carbons (Fsp3) is 0.529. The molecule has 3 rings (SSSR count). The first-order valence-corrected chi connectivity index (χ1v) is 7.30. The van der Waals surface area contributed by atoms with Gasteiger partial charge in [-0.25, -0.2) is 0 Å². The minimum Gasteiger partial charge on any atom is -0.458 e. The Morgan fingerprint density at radius 1 is 1.32 bits per heavy atom. The van der Waals surface area contributed by atoms with E-state index in [4.69, 9.17) is 4.42 Å². The van der Waals surface area contributed by atoms with Crippen LogP contribution in [0.3, 0.4) is 0 Å². The van der Waals surface area contributed by atoms with Gasteiger partial charge in [0.2, 0.25) is 0 Å². The van der Waals surface area contributed by atoms with Crippen molar-refractivity contribution in [3.63, 3.8) is 0 Å². The van der Waals surface area contributed by atoms with Gasteiger partial charge in [-0.15, -0.1) is 0 Å². The molecule has 2 heteroatoms. The first-order valence-electron chi connectivity index (χ1n) is 7.30. The van der Waals surface area contributed by atoms with Crippen molar-refractivity contribution < 1.29 is 9.52 Å². The molecule has 0 saturated heterocycles. The van der Waals surface area contributed by atoms with E-state index in [1.54, 1.807) is 0 Å². The number of benzene rings is 1. The number of para-hydroxylation sites is 1. The molecule has 1 aliphatic carbocycles. The molecule has 1 N–H and O–H groups in total. The monoisotopic (exact) mass is 258 g/mol. The summed E-state index contributed by atoms with van der Waals surface area (Å²) < 4.78 is 5.89. The smallest absolute Gasteiger partial charge is 0.136 e. The lowest BCUT2D eigenvalue weighted by molar-refractivity contribution is -0.0450. The standard InChI is InChI=1S/C17H22O2/c1-12(2)14-7-5-9-17(18,11-14)16-10-13-6-3-4-8-15(13)19-16/h3-4,6,8,10,12,14,18H,5,7,9,11H2,1-2H3. The zero-order chi connectivity index (χ0) is 13.5. The van der Waals surface area contributed by atoms with Crippen molar-refractivity contribution in [2.75, 3.05) is 0 Å². The van der Waals surface area contributed by atoms with Crippen LogP contribution < -0.4 is 0 Å². The molecule has 2 atom stereocenters. The number of furan rings is 1. The van der Waals surface area contributed by atoms with E-state index in [1.165, 1.54) is 6.42 Å². The maximum Gasteiger partial charge on any atom is 0.136 e. The molecule has 1 saturated carbocycles. The molecular formula is C17H22O2. The van der Waals surface area contributed by atoms with E-state index in [2.05, 4.69) is 13.8 Å². The minimum absolute atomic E-state index is 0.590. The highest BCUT2D eigenvalue weighted by atomic mass is 16.4. The molecule has 1 aromatic heterocycles. The Labute approximate surface area is 114 Å². The summed E-state index contributed by atoms with van der Waals surface area (Å²) in [7, 11) is 0. The van der Waals surface area contributed by atoms with Crippen molar-refractivity contribution in [1.82, 2.24) is 0 Å². The maximum absolute atomic E-state index is 11.0. The lowest BCUT2D eigenvalue weighted by Gasteiger charge is -2.37. The number of rotatable bonds is 2. The highest BCUT2D eigenvalue weighted by molar-refractivity contribution is 5.77. The predicted molar refractivity (Wildman–Crippen MR) is 76.9 cm³/mol. The number of hydrogen-bond donors (Lipinski definition) is 1. The van der Waals surface area contributed by atoms with Crippen LogP contribution >= 0.6 is 0 Å². The number of aliphatic hydroxyl groups is 1. The normalized spacial score (nSPS) is 28.1. The molecule has 1 aromatic carbocycles. The highest BCUT2D eigenvalue weighted by Gasteiger charge is 2.39. The molecule has 2 aromatic rings. The van der Waals surface area contributed by atoms with Crippen LogP contribution in [-0.4, -0.2) is 5.11 Å². The van der Waals surface area contributed by atoms with E-state index in [9.17, 15) is 5.11 Å². The average molecular weight is 258 g/mol. The molecule has 0 bridgehead atoms. The van der Waals surface area contributed by atoms with Gasteiger partial charge in [0.25, 0.3) is 0 Å². The van der Waals surface area contributed by atoms with E-state index in [0.717, 1.165) is 36.0 Å². The first kappa shape index (κ1) is 12.7. The van der Waals surface area contributed by atoms with Crippen LogP contribution in [0.25, 0.3) is 11.0 Å². The predicted octanol–water partition coefficient (Wildman–Crippen LogP) is 4.47. The van der Waals surface area contributed by atoms with Gasteiger partial charge in [-0.05, 0) is 49.7 Å². The van der Waals surface area contributed by atoms with Crippen LogP contribution in [0.5, 0.6) is 0 Å². The van der Waals surface area contributed by atoms with Crippen LogP contribution in [0.4, 0.5) is 0 Å². The summed E-state index contributed by atoms with van der Waals surface area (Å²) in [5.74, 6) is 1.96. The second-order valence-corrected chi connectivity index (χ2v) is 6.28. The Bertz CT molecular complexity index is 536. The summed E-state index contributed by atoms with van der Waals surface area (Å²) in [5, 5.41) is 12.1. The molecule has 102 valence electrons. The third kappa shape index (κ3) is 2.30. The third-order valence-corrected chi connectivity index (χ3v) is 4.59. The molecule has 2 nitrogen and oxygen atoms in total. The van der Waals surface area contributed by atoms with Gasteiger partial charge in [-0.3, -0.25) is 0 Å². The zero-order valence-electron chi connectivity index (χ0n) is 11.7. The summed E-state index contributed by atoms with van der Waals surface area (Å²) in [5.41, 5.74) is 0.101. The second kappa shape index (κ2) is 4.68. The quantitative estimate of drug-likeness (QED) is 0.862. The Morgan fingerprint density at radius 3 is 2.84 bits per heavy atom. The van der Waals surface area contributed by atoms with Crippen LogP contribution in [-0.2, 0) is 5.60 Å². The van der Waals surface area contributed by atoms with E-state index in [0.29, 0.717) is 11.8 Å². The SMILES string of the molecule is CC(C)C1CCCC(O)(c2cc3ccccc3o2)C1. The Hall–Kier alpha value is -1.28. The van der Waals surface area contributed by atoms with Gasteiger partial charge in [0.15, 0.2) is 0 Å². The number of hydrogen-bond acceptors (Lipinski definition) is 2. The van der Waals surface area contributed by atoms with E-state index in [1.807, 2.05) is 30.3 Å². The van der Waals surface area contributed by atoms with Crippen molar-refractivity contribution >= 4 is 11.0 Å². The molecule has 0 amide bonds. The summed E-state index contributed by atoms with van der Waals surface area (Å²) in [6, 6.07) is 9.98. The number of fused-ring (bicyclic) bond motifs is 1. The molecule has 0 aliphatic heterocycles. The molecule has 1 fully saturated rings. The minimum atomic E-state index is -0.772. The van der Waals surface area contributed by atoms with Gasteiger partial charge in [-0.2, -0.15) is 0 Å². The van der Waals surface area contributed by atoms with E-state index >= 15 is 0 Å². The van der Waals surface area contributed by atoms with E-state index < -0.39 is 5.60 Å². The van der Waals surface area contributed by atoms with Crippen LogP contribution in [0, 0.1) is 11.8 Å². The fourth-order valence-electron chi connectivity index (χ4n) is 3.30. The van der Waals surface area contributed by atoms with Gasteiger partial charge >= 0.3 is 0 Å². The van der Waals surface area contributed by atoms with Crippen molar-refractivity contribution in [3.8, 4) is 0 Å². The summed E-state index contributed by atoms with van der Waals surface area (Å²) in [4.78, 5) is 0. The second-order valence-electron chi connectivity index (χ2n) is 6.28. The Kier molecular flexibility index (Phi) is 3.14. The maximum atomic E-state index is 11.0. The molecule has 1 aliphatic rings. The van der Waals surface area contributed by atoms with Crippen LogP contribution in [0.1, 0.15) is 45.3 Å². The molecule has 0 spiro atoms. The topological polar surface area (TPSA) is 33.4 Å². The summed E-state index contributed by atoms with van der Waals surface area (Å²) in [6.45, 7) is 4.49. The van der Waals surface area contributed by atoms with E-state index in [-0.39, 0.29) is 0 Å². The molecule has 2 unspecified atom stereocenters. The van der Waals surface area contributed by atoms with Gasteiger partial charge in [0.1, 0.15) is 16.9 Å². The largest absolute Gasteiger partial charge is 0.458 e. The lowest BCUT2D eigenvalue weighted by Crippen LogP contribution is -2.34. The summed E-state index contributed by atoms with van der Waals surface area (Å²) >= 11 is 0. The first-order chi connectivity index (χ1) is 9.08. The molecule has 0 radical (unpaired) electrons. The van der Waals surface area contributed by atoms with Gasteiger partial charge < -0.3 is 9.52 Å². The van der Waals surface area contributed by atoms with Crippen molar-refractivity contribution in [3.05, 3.63) is 36.1 Å². The van der Waals surface area contributed by atoms with Gasteiger partial charge in [-0.1, -0.05) is 32.0 Å². The van der Waals surface area contributed by atoms with Crippen LogP contribution in [0.15, 0.2) is 34.7 Å². The fourth-order valence-corrected chi connectivity index (χ4v) is 3.30. The molecule has 19 heavy (non-hydrogen) atoms. The zero-order valence-corrected chi connectivity index (χ0v) is 11.7. The lowest BCUT2D eigenvalue weighted by atomic mass is 9.72. The van der Waals surface area contributed by atoms with Gasteiger partial charge in [0.05, 0.1) is 0 Å². The average Bonchev–Trinajstić information content (AvgIpc) is 2.83. The molecular weight excluding hydrogens is 236 g/mol. The van der Waals surface area contributed by atoms with Crippen molar-refractivity contribution in [2.45, 2.75) is 45.1 Å². The highest BCUT2D eigenvalue weighted by Crippen LogP contribution is 2.43. The third-order valence-electron chi connectivity index (χ3n) is 4.59. The van der Waals surface area contributed by atoms with Crippen molar-refractivity contribution in [1.29, 1.82) is 0 Å². The van der Waals surface area contributed by atoms with Crippen LogP contribution in [0.2, 0.25) is 0 Å².